The van der Waals surface area contributed by atoms with E-state index in [1.807, 2.05) is 0 Å². The maximum absolute atomic E-state index is 5.28. The zero-order valence-corrected chi connectivity index (χ0v) is 13.4. The molecule has 1 aliphatic heterocycles. The van der Waals surface area contributed by atoms with Gasteiger partial charge in [-0.1, -0.05) is 74.1 Å². The molecular weight excluding hydrogens is 224 g/mol. The van der Waals surface area contributed by atoms with Crippen LogP contribution in [0.3, 0.4) is 0 Å². The maximum Gasteiger partial charge on any atom is 0.231 e. The van der Waals surface area contributed by atoms with Crippen LogP contribution in [-0.4, -0.2) is 6.29 Å². The minimum atomic E-state index is -0.0147. The SMILES string of the molecule is CCCCCCC(C1OO1)(C(C)(C)C)C(C)(C)C. The van der Waals surface area contributed by atoms with Crippen LogP contribution in [0.25, 0.3) is 0 Å². The van der Waals surface area contributed by atoms with Crippen molar-refractivity contribution in [2.24, 2.45) is 16.2 Å². The van der Waals surface area contributed by atoms with E-state index in [1.165, 1.54) is 32.1 Å². The molecule has 0 spiro atoms. The molecule has 2 nitrogen and oxygen atoms in total. The van der Waals surface area contributed by atoms with Crippen LogP contribution in [0.1, 0.15) is 80.6 Å². The third-order valence-electron chi connectivity index (χ3n) is 4.70. The molecule has 0 aromatic heterocycles. The molecule has 0 atom stereocenters. The summed E-state index contributed by atoms with van der Waals surface area (Å²) in [7, 11) is 0. The van der Waals surface area contributed by atoms with Crippen LogP contribution in [0.15, 0.2) is 0 Å². The van der Waals surface area contributed by atoms with Crippen LogP contribution in [-0.2, 0) is 9.78 Å². The van der Waals surface area contributed by atoms with Crippen LogP contribution in [0.4, 0.5) is 0 Å². The fraction of sp³-hybridized carbons (Fsp3) is 1.00. The summed E-state index contributed by atoms with van der Waals surface area (Å²) in [4.78, 5) is 10.6. The molecule has 18 heavy (non-hydrogen) atoms. The highest BCUT2D eigenvalue weighted by Crippen LogP contribution is 2.61. The van der Waals surface area contributed by atoms with Gasteiger partial charge in [0.15, 0.2) is 0 Å². The molecule has 0 aromatic carbocycles. The van der Waals surface area contributed by atoms with Gasteiger partial charge in [0.2, 0.25) is 6.29 Å². The predicted octanol–water partition coefficient (Wildman–Crippen LogP) is 5.32. The summed E-state index contributed by atoms with van der Waals surface area (Å²) in [6, 6.07) is 0. The summed E-state index contributed by atoms with van der Waals surface area (Å²) in [6.45, 7) is 16.2. The molecule has 0 amide bonds. The van der Waals surface area contributed by atoms with E-state index in [4.69, 9.17) is 9.78 Å². The van der Waals surface area contributed by atoms with Crippen LogP contribution >= 0.6 is 0 Å². The van der Waals surface area contributed by atoms with E-state index in [9.17, 15) is 0 Å². The molecule has 1 rings (SSSR count). The summed E-state index contributed by atoms with van der Waals surface area (Å²) in [5, 5.41) is 0. The lowest BCUT2D eigenvalue weighted by Crippen LogP contribution is -2.50. The van der Waals surface area contributed by atoms with Crippen molar-refractivity contribution in [3.05, 3.63) is 0 Å². The van der Waals surface area contributed by atoms with Gasteiger partial charge in [-0.25, -0.2) is 0 Å². The first-order valence-corrected chi connectivity index (χ1v) is 7.49. The molecular formula is C16H32O2. The second-order valence-electron chi connectivity index (χ2n) is 7.81. The second kappa shape index (κ2) is 5.50. The average Bonchev–Trinajstić information content (AvgIpc) is 2.97. The highest BCUT2D eigenvalue weighted by Gasteiger charge is 2.61. The van der Waals surface area contributed by atoms with Gasteiger partial charge in [0.25, 0.3) is 0 Å². The second-order valence-corrected chi connectivity index (χ2v) is 7.81. The largest absolute Gasteiger partial charge is 0.231 e. The summed E-state index contributed by atoms with van der Waals surface area (Å²) >= 11 is 0. The van der Waals surface area contributed by atoms with Gasteiger partial charge in [-0.15, -0.1) is 0 Å². The van der Waals surface area contributed by atoms with Crippen molar-refractivity contribution >= 4 is 0 Å². The van der Waals surface area contributed by atoms with E-state index >= 15 is 0 Å². The fourth-order valence-electron chi connectivity index (χ4n) is 3.72. The van der Waals surface area contributed by atoms with Crippen LogP contribution in [0, 0.1) is 16.2 Å². The van der Waals surface area contributed by atoms with E-state index < -0.39 is 0 Å². The lowest BCUT2D eigenvalue weighted by atomic mass is 9.52. The number of hydrogen-bond acceptors (Lipinski definition) is 2. The Morgan fingerprint density at radius 3 is 1.61 bits per heavy atom. The Morgan fingerprint density at radius 2 is 1.28 bits per heavy atom. The Labute approximate surface area is 113 Å². The van der Waals surface area contributed by atoms with Gasteiger partial charge in [-0.05, 0) is 17.3 Å². The topological polar surface area (TPSA) is 25.1 Å². The first kappa shape index (κ1) is 16.0. The monoisotopic (exact) mass is 256 g/mol. The first-order chi connectivity index (χ1) is 8.17. The smallest absolute Gasteiger partial charge is 0.198 e. The van der Waals surface area contributed by atoms with E-state index in [-0.39, 0.29) is 22.5 Å². The van der Waals surface area contributed by atoms with Crippen molar-refractivity contribution in [1.29, 1.82) is 0 Å². The lowest BCUT2D eigenvalue weighted by Gasteiger charge is -2.51. The average molecular weight is 256 g/mol. The minimum absolute atomic E-state index is 0.0147. The normalized spacial score (nSPS) is 18.2. The van der Waals surface area contributed by atoms with Gasteiger partial charge in [0.05, 0.1) is 0 Å². The minimum Gasteiger partial charge on any atom is -0.198 e. The van der Waals surface area contributed by atoms with Gasteiger partial charge in [-0.2, -0.15) is 9.78 Å². The third kappa shape index (κ3) is 3.08. The van der Waals surface area contributed by atoms with Crippen molar-refractivity contribution in [3.8, 4) is 0 Å². The molecule has 0 N–H and O–H groups in total. The molecule has 0 saturated carbocycles. The molecule has 108 valence electrons. The van der Waals surface area contributed by atoms with Crippen LogP contribution in [0.5, 0.6) is 0 Å². The summed E-state index contributed by atoms with van der Waals surface area (Å²) in [6.07, 6.45) is 6.37. The molecule has 0 aliphatic carbocycles. The lowest BCUT2D eigenvalue weighted by molar-refractivity contribution is -0.0694. The van der Waals surface area contributed by atoms with E-state index in [0.29, 0.717) is 0 Å². The molecule has 1 saturated heterocycles. The number of rotatable bonds is 6. The van der Waals surface area contributed by atoms with Crippen molar-refractivity contribution in [3.63, 3.8) is 0 Å². The Bertz CT molecular complexity index is 239. The van der Waals surface area contributed by atoms with Gasteiger partial charge in [-0.3, -0.25) is 0 Å². The Balaban J connectivity index is 2.85. The summed E-state index contributed by atoms with van der Waals surface area (Å²) in [5.41, 5.74) is 0.449. The fourth-order valence-corrected chi connectivity index (χ4v) is 3.72. The molecule has 1 heterocycles. The van der Waals surface area contributed by atoms with Crippen molar-refractivity contribution in [2.45, 2.75) is 86.9 Å². The third-order valence-corrected chi connectivity index (χ3v) is 4.70. The van der Waals surface area contributed by atoms with Crippen molar-refractivity contribution < 1.29 is 9.78 Å². The van der Waals surface area contributed by atoms with Crippen molar-refractivity contribution in [2.75, 3.05) is 0 Å². The molecule has 0 aromatic rings. The molecule has 1 fully saturated rings. The summed E-state index contributed by atoms with van der Waals surface area (Å²) in [5.74, 6) is 0. The Kier molecular flexibility index (Phi) is 4.88. The van der Waals surface area contributed by atoms with Crippen molar-refractivity contribution in [1.82, 2.24) is 0 Å². The van der Waals surface area contributed by atoms with Gasteiger partial charge in [0, 0.05) is 5.41 Å². The first-order valence-electron chi connectivity index (χ1n) is 7.49. The van der Waals surface area contributed by atoms with Gasteiger partial charge >= 0.3 is 0 Å². The van der Waals surface area contributed by atoms with Crippen LogP contribution in [0.2, 0.25) is 0 Å². The predicted molar refractivity (Wildman–Crippen MR) is 76.1 cm³/mol. The van der Waals surface area contributed by atoms with E-state index in [2.05, 4.69) is 48.5 Å². The molecule has 0 unspecified atom stereocenters. The van der Waals surface area contributed by atoms with E-state index in [0.717, 1.165) is 0 Å². The standard InChI is InChI=1S/C16H32O2/c1-8-9-10-11-12-16(13-17-18-13,14(2,3)4)15(5,6)7/h13H,8-12H2,1-7H3. The Hall–Kier alpha value is -0.0800. The van der Waals surface area contributed by atoms with Gasteiger partial charge < -0.3 is 0 Å². The van der Waals surface area contributed by atoms with E-state index in [1.54, 1.807) is 0 Å². The Morgan fingerprint density at radius 1 is 0.778 bits per heavy atom. The summed E-state index contributed by atoms with van der Waals surface area (Å²) < 4.78 is 0. The van der Waals surface area contributed by atoms with Crippen LogP contribution < -0.4 is 0 Å². The van der Waals surface area contributed by atoms with Gasteiger partial charge in [0.1, 0.15) is 0 Å². The molecule has 2 heteroatoms. The maximum atomic E-state index is 5.28. The number of hydrogen-bond donors (Lipinski definition) is 0. The molecule has 1 aliphatic rings. The molecule has 0 bridgehead atoms. The zero-order chi connectivity index (χ0) is 14.0. The molecule has 0 radical (unpaired) electrons. The quantitative estimate of drug-likeness (QED) is 0.365. The highest BCUT2D eigenvalue weighted by atomic mass is 17.4. The number of unbranched alkanes of at least 4 members (excludes halogenated alkanes) is 3. The highest BCUT2D eigenvalue weighted by molar-refractivity contribution is 5.02. The zero-order valence-electron chi connectivity index (χ0n) is 13.4.